The van der Waals surface area contributed by atoms with Crippen molar-refractivity contribution >= 4 is 29.1 Å². The van der Waals surface area contributed by atoms with Crippen LogP contribution in [-0.4, -0.2) is 60.9 Å². The molecule has 2 aromatic carbocycles. The molecule has 0 bridgehead atoms. The summed E-state index contributed by atoms with van der Waals surface area (Å²) in [4.78, 5) is 29.1. The third kappa shape index (κ3) is 4.28. The highest BCUT2D eigenvalue weighted by Gasteiger charge is 2.45. The predicted octanol–water partition coefficient (Wildman–Crippen LogP) is 3.33. The summed E-state index contributed by atoms with van der Waals surface area (Å²) in [5.41, 5.74) is 1.18. The van der Waals surface area contributed by atoms with Gasteiger partial charge in [-0.1, -0.05) is 23.7 Å². The predicted molar refractivity (Wildman–Crippen MR) is 112 cm³/mol. The van der Waals surface area contributed by atoms with Crippen molar-refractivity contribution in [3.63, 3.8) is 0 Å². The third-order valence-electron chi connectivity index (χ3n) is 4.86. The van der Waals surface area contributed by atoms with E-state index in [1.165, 1.54) is 4.90 Å². The number of hydrogen-bond acceptors (Lipinski definition) is 5. The lowest BCUT2D eigenvalue weighted by molar-refractivity contribution is -0.140. The number of rotatable bonds is 6. The van der Waals surface area contributed by atoms with Crippen LogP contribution in [0.25, 0.3) is 5.76 Å². The fourth-order valence-corrected chi connectivity index (χ4v) is 3.47. The van der Waals surface area contributed by atoms with E-state index in [2.05, 4.69) is 0 Å². The van der Waals surface area contributed by atoms with Crippen LogP contribution >= 0.6 is 11.6 Å². The summed E-state index contributed by atoms with van der Waals surface area (Å²) in [5.74, 6) is -0.952. The lowest BCUT2D eigenvalue weighted by atomic mass is 9.95. The molecule has 1 aliphatic heterocycles. The zero-order valence-corrected chi connectivity index (χ0v) is 17.3. The van der Waals surface area contributed by atoms with Crippen molar-refractivity contribution < 1.29 is 19.4 Å². The van der Waals surface area contributed by atoms with Crippen LogP contribution in [0.5, 0.6) is 5.75 Å². The second-order valence-corrected chi connectivity index (χ2v) is 7.52. The number of carbonyl (C=O) groups is 2. The number of likely N-dealkylation sites (tertiary alicyclic amines) is 1. The van der Waals surface area contributed by atoms with E-state index in [0.717, 1.165) is 0 Å². The SMILES string of the molecule is COc1cccc(C2C(=C(O)c3ccc(Cl)cc3)C(=O)C(=O)N2CCN(C)C)c1. The number of methoxy groups -OCH3 is 1. The average molecular weight is 415 g/mol. The van der Waals surface area contributed by atoms with Crippen LogP contribution in [0.15, 0.2) is 54.1 Å². The maximum atomic E-state index is 12.9. The summed E-state index contributed by atoms with van der Waals surface area (Å²) < 4.78 is 5.31. The summed E-state index contributed by atoms with van der Waals surface area (Å²) in [6, 6.07) is 12.9. The zero-order chi connectivity index (χ0) is 21.1. The summed E-state index contributed by atoms with van der Waals surface area (Å²) >= 11 is 5.93. The van der Waals surface area contributed by atoms with Gasteiger partial charge in [-0.25, -0.2) is 0 Å². The van der Waals surface area contributed by atoms with E-state index >= 15 is 0 Å². The Morgan fingerprint density at radius 3 is 2.48 bits per heavy atom. The topological polar surface area (TPSA) is 70.1 Å². The second-order valence-electron chi connectivity index (χ2n) is 7.08. The fourth-order valence-electron chi connectivity index (χ4n) is 3.34. The largest absolute Gasteiger partial charge is 0.507 e. The lowest BCUT2D eigenvalue weighted by Crippen LogP contribution is -2.35. The van der Waals surface area contributed by atoms with E-state index in [-0.39, 0.29) is 11.3 Å². The molecule has 3 rings (SSSR count). The van der Waals surface area contributed by atoms with Crippen LogP contribution < -0.4 is 4.74 Å². The Kier molecular flexibility index (Phi) is 6.25. The number of amides is 1. The summed E-state index contributed by atoms with van der Waals surface area (Å²) in [5, 5.41) is 11.5. The number of likely N-dealkylation sites (N-methyl/N-ethyl adjacent to an activating group) is 1. The van der Waals surface area contributed by atoms with Gasteiger partial charge in [-0.3, -0.25) is 9.59 Å². The number of halogens is 1. The van der Waals surface area contributed by atoms with Crippen LogP contribution in [0.4, 0.5) is 0 Å². The highest BCUT2D eigenvalue weighted by molar-refractivity contribution is 6.46. The number of Topliss-reactive ketones (excluding diaryl/α,β-unsaturated/α-hetero) is 1. The first-order valence-corrected chi connectivity index (χ1v) is 9.54. The molecule has 1 saturated heterocycles. The monoisotopic (exact) mass is 414 g/mol. The first kappa shape index (κ1) is 20.9. The quantitative estimate of drug-likeness (QED) is 0.446. The minimum Gasteiger partial charge on any atom is -0.507 e. The molecule has 6 nitrogen and oxygen atoms in total. The highest BCUT2D eigenvalue weighted by Crippen LogP contribution is 2.40. The second kappa shape index (κ2) is 8.68. The van der Waals surface area contributed by atoms with Crippen LogP contribution in [0.2, 0.25) is 5.02 Å². The summed E-state index contributed by atoms with van der Waals surface area (Å²) in [6.45, 7) is 0.922. The van der Waals surface area contributed by atoms with Gasteiger partial charge in [-0.2, -0.15) is 0 Å². The third-order valence-corrected chi connectivity index (χ3v) is 5.11. The molecule has 2 aromatic rings. The minimum absolute atomic E-state index is 0.0596. The van der Waals surface area contributed by atoms with Crippen molar-refractivity contribution in [1.29, 1.82) is 0 Å². The maximum absolute atomic E-state index is 12.9. The molecule has 0 saturated carbocycles. The number of hydrogen-bond donors (Lipinski definition) is 1. The van der Waals surface area contributed by atoms with E-state index in [0.29, 0.717) is 35.0 Å². The molecule has 1 fully saturated rings. The number of ether oxygens (including phenoxy) is 1. The number of nitrogens with zero attached hydrogens (tertiary/aromatic N) is 2. The smallest absolute Gasteiger partial charge is 0.295 e. The zero-order valence-electron chi connectivity index (χ0n) is 16.6. The van der Waals surface area contributed by atoms with Crippen molar-refractivity contribution in [3.05, 3.63) is 70.3 Å². The molecule has 0 spiro atoms. The summed E-state index contributed by atoms with van der Waals surface area (Å²) in [7, 11) is 5.34. The Balaban J connectivity index is 2.15. The molecule has 1 aliphatic rings. The average Bonchev–Trinajstić information content (AvgIpc) is 2.97. The van der Waals surface area contributed by atoms with Gasteiger partial charge in [0.05, 0.1) is 18.7 Å². The van der Waals surface area contributed by atoms with Crippen LogP contribution in [-0.2, 0) is 9.59 Å². The van der Waals surface area contributed by atoms with Gasteiger partial charge in [0.15, 0.2) is 0 Å². The van der Waals surface area contributed by atoms with Gasteiger partial charge < -0.3 is 19.6 Å². The van der Waals surface area contributed by atoms with Gasteiger partial charge in [-0.05, 0) is 56.1 Å². The van der Waals surface area contributed by atoms with Crippen molar-refractivity contribution in [2.45, 2.75) is 6.04 Å². The molecule has 152 valence electrons. The van der Waals surface area contributed by atoms with Crippen molar-refractivity contribution in [1.82, 2.24) is 9.80 Å². The van der Waals surface area contributed by atoms with Crippen LogP contribution in [0, 0.1) is 0 Å². The standard InChI is InChI=1S/C22H23ClN2O4/c1-24(2)11-12-25-19(15-5-4-6-17(13-15)29-3)18(21(27)22(25)28)20(26)14-7-9-16(23)10-8-14/h4-10,13,19,26H,11-12H2,1-3H3. The Labute approximate surface area is 174 Å². The molecule has 1 amide bonds. The van der Waals surface area contributed by atoms with Gasteiger partial charge in [0.25, 0.3) is 11.7 Å². The van der Waals surface area contributed by atoms with Gasteiger partial charge in [0.1, 0.15) is 11.5 Å². The molecule has 7 heteroatoms. The molecule has 0 radical (unpaired) electrons. The molecule has 0 aliphatic carbocycles. The molecular weight excluding hydrogens is 392 g/mol. The normalized spacial score (nSPS) is 18.5. The molecule has 1 atom stereocenters. The first-order chi connectivity index (χ1) is 13.8. The Morgan fingerprint density at radius 1 is 1.17 bits per heavy atom. The van der Waals surface area contributed by atoms with E-state index in [1.807, 2.05) is 25.1 Å². The molecule has 1 N–H and O–H groups in total. The van der Waals surface area contributed by atoms with Crippen molar-refractivity contribution in [2.75, 3.05) is 34.3 Å². The minimum atomic E-state index is -0.708. The fraction of sp³-hybridized carbons (Fsp3) is 0.273. The number of ketones is 1. The molecule has 1 unspecified atom stereocenters. The van der Waals surface area contributed by atoms with E-state index < -0.39 is 17.7 Å². The molecular formula is C22H23ClN2O4. The molecule has 1 heterocycles. The number of aliphatic hydroxyl groups excluding tert-OH is 1. The van der Waals surface area contributed by atoms with Gasteiger partial charge >= 0.3 is 0 Å². The Hall–Kier alpha value is -2.83. The van der Waals surface area contributed by atoms with E-state index in [1.54, 1.807) is 49.6 Å². The van der Waals surface area contributed by atoms with Gasteiger partial charge in [0.2, 0.25) is 0 Å². The van der Waals surface area contributed by atoms with Gasteiger partial charge in [-0.15, -0.1) is 0 Å². The van der Waals surface area contributed by atoms with Gasteiger partial charge in [0, 0.05) is 23.7 Å². The first-order valence-electron chi connectivity index (χ1n) is 9.16. The van der Waals surface area contributed by atoms with E-state index in [4.69, 9.17) is 16.3 Å². The van der Waals surface area contributed by atoms with Crippen molar-refractivity contribution in [2.24, 2.45) is 0 Å². The number of carbonyl (C=O) groups excluding carboxylic acids is 2. The molecule has 29 heavy (non-hydrogen) atoms. The van der Waals surface area contributed by atoms with E-state index in [9.17, 15) is 14.7 Å². The molecule has 0 aromatic heterocycles. The maximum Gasteiger partial charge on any atom is 0.295 e. The Bertz CT molecular complexity index is 954. The lowest BCUT2D eigenvalue weighted by Gasteiger charge is -2.26. The number of benzene rings is 2. The highest BCUT2D eigenvalue weighted by atomic mass is 35.5. The van der Waals surface area contributed by atoms with Crippen molar-refractivity contribution in [3.8, 4) is 5.75 Å². The van der Waals surface area contributed by atoms with Crippen LogP contribution in [0.1, 0.15) is 17.2 Å². The van der Waals surface area contributed by atoms with Crippen LogP contribution in [0.3, 0.4) is 0 Å². The summed E-state index contributed by atoms with van der Waals surface area (Å²) in [6.07, 6.45) is 0. The number of aliphatic hydroxyl groups is 1. The Morgan fingerprint density at radius 2 is 1.86 bits per heavy atom.